The number of allylic oxidation sites excluding steroid dienone is 6. The number of hydrogen-bond acceptors (Lipinski definition) is 6. The summed E-state index contributed by atoms with van der Waals surface area (Å²) in [5.74, 6) is 0.0515. The van der Waals surface area contributed by atoms with Crippen molar-refractivity contribution in [1.82, 2.24) is 4.98 Å². The van der Waals surface area contributed by atoms with E-state index in [0.29, 0.717) is 18.0 Å². The summed E-state index contributed by atoms with van der Waals surface area (Å²) in [7, 11) is 0. The first-order valence-corrected chi connectivity index (χ1v) is 11.4. The number of carbonyl (C=O) groups excluding carboxylic acids is 1. The molecule has 28 heavy (non-hydrogen) atoms. The van der Waals surface area contributed by atoms with Crippen molar-refractivity contribution in [2.24, 2.45) is 4.99 Å². The molecule has 0 spiro atoms. The second-order valence-corrected chi connectivity index (χ2v) is 8.07. The molecule has 2 aromatic rings. The lowest BCUT2D eigenvalue weighted by atomic mass is 9.93. The summed E-state index contributed by atoms with van der Waals surface area (Å²) in [5, 5.41) is 0. The predicted molar refractivity (Wildman–Crippen MR) is 120 cm³/mol. The standard InChI is InChI=1S/C22H22N2O2S2/c1-15(19-14-26-21(23-19)24-22(27-2)28-3)17-11-8-12-18(13-17)20(25)16-9-6-4-5-7-10-16/h4-9,11-15H,10H2,1-3H3. The van der Waals surface area contributed by atoms with Gasteiger partial charge in [-0.2, -0.15) is 9.98 Å². The largest absolute Gasteiger partial charge is 0.430 e. The SMILES string of the molecule is CSC(=Nc1nc(C(C)c2cccc(C(=O)C3=CC=CC=CC3)c2)co1)SC. The molecule has 1 aliphatic rings. The molecule has 1 aromatic heterocycles. The maximum atomic E-state index is 12.9. The monoisotopic (exact) mass is 410 g/mol. The van der Waals surface area contributed by atoms with E-state index in [0.717, 1.165) is 21.2 Å². The summed E-state index contributed by atoms with van der Waals surface area (Å²) in [6, 6.07) is 8.09. The molecule has 0 radical (unpaired) electrons. The van der Waals surface area contributed by atoms with Crippen LogP contribution in [0.1, 0.15) is 40.9 Å². The van der Waals surface area contributed by atoms with Crippen molar-refractivity contribution < 1.29 is 9.21 Å². The van der Waals surface area contributed by atoms with Gasteiger partial charge in [0.1, 0.15) is 10.6 Å². The second kappa shape index (κ2) is 9.75. The van der Waals surface area contributed by atoms with Crippen LogP contribution in [0.2, 0.25) is 0 Å². The maximum Gasteiger partial charge on any atom is 0.323 e. The van der Waals surface area contributed by atoms with Crippen LogP contribution in [0.3, 0.4) is 0 Å². The van der Waals surface area contributed by atoms with Crippen LogP contribution in [0.15, 0.2) is 75.9 Å². The smallest absolute Gasteiger partial charge is 0.323 e. The van der Waals surface area contributed by atoms with Gasteiger partial charge in [-0.1, -0.05) is 55.5 Å². The Kier molecular flexibility index (Phi) is 7.12. The molecule has 1 aliphatic carbocycles. The van der Waals surface area contributed by atoms with E-state index in [-0.39, 0.29) is 11.7 Å². The Morgan fingerprint density at radius 1 is 1.21 bits per heavy atom. The number of rotatable bonds is 5. The number of benzene rings is 1. The number of carbonyl (C=O) groups is 1. The van der Waals surface area contributed by atoms with E-state index in [1.165, 1.54) is 0 Å². The molecule has 3 rings (SSSR count). The number of ketones is 1. The van der Waals surface area contributed by atoms with E-state index in [1.54, 1.807) is 29.8 Å². The maximum absolute atomic E-state index is 12.9. The average molecular weight is 411 g/mol. The van der Waals surface area contributed by atoms with Gasteiger partial charge in [-0.15, -0.1) is 23.5 Å². The Morgan fingerprint density at radius 2 is 2.04 bits per heavy atom. The molecular formula is C22H22N2O2S2. The average Bonchev–Trinajstić information content (AvgIpc) is 3.03. The second-order valence-electron chi connectivity index (χ2n) is 6.23. The zero-order chi connectivity index (χ0) is 19.9. The lowest BCUT2D eigenvalue weighted by Crippen LogP contribution is -2.05. The van der Waals surface area contributed by atoms with E-state index in [4.69, 9.17) is 4.42 Å². The lowest BCUT2D eigenvalue weighted by molar-refractivity contribution is 0.103. The highest BCUT2D eigenvalue weighted by Gasteiger charge is 2.17. The van der Waals surface area contributed by atoms with Gasteiger partial charge in [0, 0.05) is 17.1 Å². The highest BCUT2D eigenvalue weighted by Crippen LogP contribution is 2.28. The van der Waals surface area contributed by atoms with Gasteiger partial charge < -0.3 is 4.42 Å². The number of Topliss-reactive ketones (excluding diaryl/α,β-unsaturated/α-hetero) is 1. The summed E-state index contributed by atoms with van der Waals surface area (Å²) in [6.07, 6.45) is 15.9. The molecule has 4 nitrogen and oxygen atoms in total. The summed E-state index contributed by atoms with van der Waals surface area (Å²) < 4.78 is 6.41. The van der Waals surface area contributed by atoms with E-state index in [2.05, 4.69) is 16.9 Å². The van der Waals surface area contributed by atoms with Gasteiger partial charge in [0.2, 0.25) is 0 Å². The molecule has 6 heteroatoms. The van der Waals surface area contributed by atoms with E-state index in [1.807, 2.05) is 67.2 Å². The van der Waals surface area contributed by atoms with Gasteiger partial charge in [0.25, 0.3) is 0 Å². The Labute approximate surface area is 173 Å². The number of hydrogen-bond donors (Lipinski definition) is 0. The number of oxazole rings is 1. The van der Waals surface area contributed by atoms with Crippen LogP contribution in [0.25, 0.3) is 0 Å². The molecular weight excluding hydrogens is 388 g/mol. The van der Waals surface area contributed by atoms with Crippen LogP contribution in [0, 0.1) is 0 Å². The van der Waals surface area contributed by atoms with Crippen molar-refractivity contribution in [1.29, 1.82) is 0 Å². The summed E-state index contributed by atoms with van der Waals surface area (Å²) >= 11 is 3.12. The third-order valence-electron chi connectivity index (χ3n) is 4.42. The van der Waals surface area contributed by atoms with Crippen molar-refractivity contribution in [3.8, 4) is 0 Å². The fourth-order valence-electron chi connectivity index (χ4n) is 2.83. The zero-order valence-corrected chi connectivity index (χ0v) is 17.7. The van der Waals surface area contributed by atoms with Gasteiger partial charge in [0.15, 0.2) is 5.78 Å². The van der Waals surface area contributed by atoms with Crippen LogP contribution in [0.4, 0.5) is 6.01 Å². The molecule has 1 aromatic carbocycles. The molecule has 0 saturated carbocycles. The van der Waals surface area contributed by atoms with E-state index in [9.17, 15) is 4.79 Å². The van der Waals surface area contributed by atoms with Crippen molar-refractivity contribution >= 4 is 39.7 Å². The first-order chi connectivity index (χ1) is 13.6. The Morgan fingerprint density at radius 3 is 2.82 bits per heavy atom. The van der Waals surface area contributed by atoms with Crippen LogP contribution in [-0.4, -0.2) is 27.7 Å². The number of nitrogens with zero attached hydrogens (tertiary/aromatic N) is 2. The highest BCUT2D eigenvalue weighted by molar-refractivity contribution is 8.38. The van der Waals surface area contributed by atoms with Crippen LogP contribution < -0.4 is 0 Å². The molecule has 0 amide bonds. The van der Waals surface area contributed by atoms with Gasteiger partial charge >= 0.3 is 6.01 Å². The minimum absolute atomic E-state index is 0.00429. The van der Waals surface area contributed by atoms with Crippen molar-refractivity contribution in [3.05, 3.63) is 83.3 Å². The van der Waals surface area contributed by atoms with Crippen LogP contribution in [-0.2, 0) is 0 Å². The van der Waals surface area contributed by atoms with E-state index < -0.39 is 0 Å². The minimum atomic E-state index is -0.00429. The Bertz CT molecular complexity index is 964. The molecule has 0 aliphatic heterocycles. The topological polar surface area (TPSA) is 55.5 Å². The fourth-order valence-corrected chi connectivity index (χ4v) is 3.84. The first kappa shape index (κ1) is 20.4. The number of thioether (sulfide) groups is 2. The Hall–Kier alpha value is -2.31. The summed E-state index contributed by atoms with van der Waals surface area (Å²) in [6.45, 7) is 2.05. The van der Waals surface area contributed by atoms with Gasteiger partial charge in [-0.3, -0.25) is 4.79 Å². The zero-order valence-electron chi connectivity index (χ0n) is 16.1. The van der Waals surface area contributed by atoms with Gasteiger partial charge in [-0.05, 0) is 30.6 Å². The third kappa shape index (κ3) is 4.94. The highest BCUT2D eigenvalue weighted by atomic mass is 32.2. The number of aromatic nitrogens is 1. The predicted octanol–water partition coefficient (Wildman–Crippen LogP) is 6.17. The molecule has 1 atom stereocenters. The Balaban J connectivity index is 1.82. The van der Waals surface area contributed by atoms with Crippen molar-refractivity contribution in [2.75, 3.05) is 12.5 Å². The van der Waals surface area contributed by atoms with Gasteiger partial charge in [0.05, 0.1) is 5.69 Å². The first-order valence-electron chi connectivity index (χ1n) is 8.91. The normalized spacial score (nSPS) is 14.3. The van der Waals surface area contributed by atoms with Crippen molar-refractivity contribution in [2.45, 2.75) is 19.3 Å². The molecule has 1 heterocycles. The molecule has 144 valence electrons. The lowest BCUT2D eigenvalue weighted by Gasteiger charge is -2.11. The number of aliphatic imine (C=N–C) groups is 1. The molecule has 0 N–H and O–H groups in total. The molecule has 1 unspecified atom stereocenters. The molecule has 0 bridgehead atoms. The van der Waals surface area contributed by atoms with Crippen molar-refractivity contribution in [3.63, 3.8) is 0 Å². The van der Waals surface area contributed by atoms with E-state index >= 15 is 0 Å². The van der Waals surface area contributed by atoms with Gasteiger partial charge in [-0.25, -0.2) is 0 Å². The van der Waals surface area contributed by atoms with Crippen LogP contribution in [0.5, 0.6) is 0 Å². The quantitative estimate of drug-likeness (QED) is 0.335. The molecule has 0 fully saturated rings. The summed E-state index contributed by atoms with van der Waals surface area (Å²) in [5.41, 5.74) is 3.29. The third-order valence-corrected chi connectivity index (χ3v) is 6.30. The van der Waals surface area contributed by atoms with Crippen LogP contribution >= 0.6 is 23.5 Å². The minimum Gasteiger partial charge on any atom is -0.430 e. The fraction of sp³-hybridized carbons (Fsp3) is 0.227. The summed E-state index contributed by atoms with van der Waals surface area (Å²) in [4.78, 5) is 21.8. The molecule has 0 saturated heterocycles.